The molecule has 1 N–H and O–H groups in total. The number of hydrogen-bond donors (Lipinski definition) is 1. The molecule has 1 aromatic rings. The summed E-state index contributed by atoms with van der Waals surface area (Å²) in [6, 6.07) is 0. The average molecular weight is 256 g/mol. The summed E-state index contributed by atoms with van der Waals surface area (Å²) in [5.74, 6) is -0.346. The molecule has 1 heterocycles. The first kappa shape index (κ1) is 14.6. The number of hydrogen-bond acceptors (Lipinski definition) is 5. The SMILES string of the molecule is CCC(C)(OC)c1nnnn1CC(C)(C)C(=O)O. The molecule has 0 aliphatic heterocycles. The molecular weight excluding hydrogens is 236 g/mol. The van der Waals surface area contributed by atoms with Crippen molar-refractivity contribution in [1.29, 1.82) is 0 Å². The third-order valence-corrected chi connectivity index (χ3v) is 3.25. The second-order valence-corrected chi connectivity index (χ2v) is 5.14. The van der Waals surface area contributed by atoms with Crippen molar-refractivity contribution in [2.24, 2.45) is 5.41 Å². The molecule has 1 rings (SSSR count). The maximum atomic E-state index is 11.1. The van der Waals surface area contributed by atoms with Gasteiger partial charge in [0.2, 0.25) is 0 Å². The topological polar surface area (TPSA) is 90.1 Å². The Morgan fingerprint density at radius 3 is 2.50 bits per heavy atom. The number of methoxy groups -OCH3 is 1. The molecule has 0 spiro atoms. The van der Waals surface area contributed by atoms with Crippen molar-refractivity contribution in [3.05, 3.63) is 5.82 Å². The van der Waals surface area contributed by atoms with Crippen LogP contribution in [0.5, 0.6) is 0 Å². The smallest absolute Gasteiger partial charge is 0.310 e. The van der Waals surface area contributed by atoms with Gasteiger partial charge in [-0.2, -0.15) is 0 Å². The molecule has 102 valence electrons. The second-order valence-electron chi connectivity index (χ2n) is 5.14. The molecule has 0 saturated carbocycles. The maximum Gasteiger partial charge on any atom is 0.310 e. The van der Waals surface area contributed by atoms with Gasteiger partial charge in [-0.3, -0.25) is 4.79 Å². The summed E-state index contributed by atoms with van der Waals surface area (Å²) in [4.78, 5) is 11.1. The molecule has 0 saturated heterocycles. The van der Waals surface area contributed by atoms with Gasteiger partial charge in [0.15, 0.2) is 5.82 Å². The average Bonchev–Trinajstić information content (AvgIpc) is 2.75. The molecule has 1 atom stereocenters. The largest absolute Gasteiger partial charge is 0.481 e. The summed E-state index contributed by atoms with van der Waals surface area (Å²) >= 11 is 0. The molecular formula is C11H20N4O3. The molecule has 0 fully saturated rings. The van der Waals surface area contributed by atoms with Crippen molar-refractivity contribution >= 4 is 5.97 Å². The number of tetrazole rings is 1. The zero-order valence-corrected chi connectivity index (χ0v) is 11.5. The van der Waals surface area contributed by atoms with E-state index >= 15 is 0 Å². The Kier molecular flexibility index (Phi) is 4.05. The summed E-state index contributed by atoms with van der Waals surface area (Å²) in [6.07, 6.45) is 0.692. The minimum atomic E-state index is -0.938. The minimum absolute atomic E-state index is 0.198. The first-order valence-electron chi connectivity index (χ1n) is 5.82. The Bertz CT molecular complexity index is 424. The Balaban J connectivity index is 3.07. The van der Waals surface area contributed by atoms with E-state index in [9.17, 15) is 4.79 Å². The van der Waals surface area contributed by atoms with Gasteiger partial charge in [0, 0.05) is 7.11 Å². The van der Waals surface area contributed by atoms with Gasteiger partial charge in [-0.15, -0.1) is 5.10 Å². The van der Waals surface area contributed by atoms with E-state index in [1.165, 1.54) is 4.68 Å². The zero-order valence-electron chi connectivity index (χ0n) is 11.5. The monoisotopic (exact) mass is 256 g/mol. The van der Waals surface area contributed by atoms with E-state index in [4.69, 9.17) is 9.84 Å². The van der Waals surface area contributed by atoms with Crippen molar-refractivity contribution in [1.82, 2.24) is 20.2 Å². The fourth-order valence-corrected chi connectivity index (χ4v) is 1.53. The molecule has 1 aromatic heterocycles. The van der Waals surface area contributed by atoms with E-state index in [1.54, 1.807) is 21.0 Å². The summed E-state index contributed by atoms with van der Waals surface area (Å²) in [5.41, 5.74) is -1.55. The highest BCUT2D eigenvalue weighted by Crippen LogP contribution is 2.27. The lowest BCUT2D eigenvalue weighted by atomic mass is 9.93. The van der Waals surface area contributed by atoms with Crippen LogP contribution < -0.4 is 0 Å². The predicted octanol–water partition coefficient (Wildman–Crippen LogP) is 1.06. The van der Waals surface area contributed by atoms with Crippen molar-refractivity contribution in [2.45, 2.75) is 46.3 Å². The number of carbonyl (C=O) groups is 1. The molecule has 18 heavy (non-hydrogen) atoms. The van der Waals surface area contributed by atoms with Crippen LogP contribution in [0.15, 0.2) is 0 Å². The van der Waals surface area contributed by atoms with Crippen LogP contribution in [0.1, 0.15) is 39.9 Å². The van der Waals surface area contributed by atoms with E-state index in [0.717, 1.165) is 0 Å². The summed E-state index contributed by atoms with van der Waals surface area (Å²) in [5, 5.41) is 20.6. The molecule has 7 nitrogen and oxygen atoms in total. The van der Waals surface area contributed by atoms with Crippen LogP contribution in [0, 0.1) is 5.41 Å². The first-order valence-corrected chi connectivity index (χ1v) is 5.82. The lowest BCUT2D eigenvalue weighted by Crippen LogP contribution is -2.34. The molecule has 0 amide bonds. The van der Waals surface area contributed by atoms with E-state index in [2.05, 4.69) is 15.5 Å². The Labute approximate surface area is 106 Å². The van der Waals surface area contributed by atoms with Gasteiger partial charge in [-0.05, 0) is 37.6 Å². The van der Waals surface area contributed by atoms with Crippen molar-refractivity contribution in [3.8, 4) is 0 Å². The van der Waals surface area contributed by atoms with Crippen molar-refractivity contribution in [3.63, 3.8) is 0 Å². The predicted molar refractivity (Wildman–Crippen MR) is 63.9 cm³/mol. The Hall–Kier alpha value is -1.50. The molecule has 0 radical (unpaired) electrons. The summed E-state index contributed by atoms with van der Waals surface area (Å²) in [6.45, 7) is 7.31. The lowest BCUT2D eigenvalue weighted by Gasteiger charge is -2.27. The zero-order chi connectivity index (χ0) is 14.0. The fraction of sp³-hybridized carbons (Fsp3) is 0.818. The van der Waals surface area contributed by atoms with Crippen LogP contribution in [0.4, 0.5) is 0 Å². The fourth-order valence-electron chi connectivity index (χ4n) is 1.53. The van der Waals surface area contributed by atoms with E-state index in [-0.39, 0.29) is 6.54 Å². The highest BCUT2D eigenvalue weighted by molar-refractivity contribution is 5.73. The van der Waals surface area contributed by atoms with Crippen LogP contribution in [0.3, 0.4) is 0 Å². The van der Waals surface area contributed by atoms with Crippen LogP contribution in [0.25, 0.3) is 0 Å². The molecule has 0 aromatic carbocycles. The second kappa shape index (κ2) is 5.01. The van der Waals surface area contributed by atoms with Gasteiger partial charge >= 0.3 is 5.97 Å². The highest BCUT2D eigenvalue weighted by Gasteiger charge is 2.35. The number of aliphatic carboxylic acids is 1. The van der Waals surface area contributed by atoms with Crippen LogP contribution in [0.2, 0.25) is 0 Å². The maximum absolute atomic E-state index is 11.1. The van der Waals surface area contributed by atoms with Crippen molar-refractivity contribution in [2.75, 3.05) is 7.11 Å². The van der Waals surface area contributed by atoms with E-state index in [0.29, 0.717) is 12.2 Å². The number of aromatic nitrogens is 4. The standard InChI is InChI=1S/C11H20N4O3/c1-6-11(4,18-5)8-12-13-14-15(8)7-10(2,3)9(16)17/h6-7H2,1-5H3,(H,16,17). The first-order chi connectivity index (χ1) is 8.27. The van der Waals surface area contributed by atoms with Gasteiger partial charge < -0.3 is 9.84 Å². The number of rotatable bonds is 6. The van der Waals surface area contributed by atoms with Gasteiger partial charge in [0.25, 0.3) is 0 Å². The molecule has 0 aliphatic carbocycles. The number of nitrogens with zero attached hydrogens (tertiary/aromatic N) is 4. The molecule has 1 unspecified atom stereocenters. The van der Waals surface area contributed by atoms with Gasteiger partial charge in [-0.1, -0.05) is 6.92 Å². The summed E-state index contributed by atoms with van der Waals surface area (Å²) in [7, 11) is 1.59. The number of carboxylic acids is 1. The van der Waals surface area contributed by atoms with Gasteiger partial charge in [0.05, 0.1) is 12.0 Å². The number of carboxylic acid groups (broad SMARTS) is 1. The molecule has 7 heteroatoms. The van der Waals surface area contributed by atoms with E-state index in [1.807, 2.05) is 13.8 Å². The molecule has 0 bridgehead atoms. The Morgan fingerprint density at radius 1 is 1.44 bits per heavy atom. The normalized spacial score (nSPS) is 15.4. The third kappa shape index (κ3) is 2.66. The van der Waals surface area contributed by atoms with Crippen LogP contribution >= 0.6 is 0 Å². The van der Waals surface area contributed by atoms with Gasteiger partial charge in [0.1, 0.15) is 5.60 Å². The lowest BCUT2D eigenvalue weighted by molar-refractivity contribution is -0.148. The Morgan fingerprint density at radius 2 is 2.06 bits per heavy atom. The minimum Gasteiger partial charge on any atom is -0.481 e. The van der Waals surface area contributed by atoms with Crippen LogP contribution in [-0.2, 0) is 21.7 Å². The van der Waals surface area contributed by atoms with Crippen LogP contribution in [-0.4, -0.2) is 38.4 Å². The molecule has 0 aliphatic rings. The highest BCUT2D eigenvalue weighted by atomic mass is 16.5. The number of ether oxygens (including phenoxy) is 1. The van der Waals surface area contributed by atoms with Gasteiger partial charge in [-0.25, -0.2) is 4.68 Å². The quantitative estimate of drug-likeness (QED) is 0.818. The van der Waals surface area contributed by atoms with E-state index < -0.39 is 17.0 Å². The van der Waals surface area contributed by atoms with Crippen molar-refractivity contribution < 1.29 is 14.6 Å². The third-order valence-electron chi connectivity index (χ3n) is 3.25. The summed E-state index contributed by atoms with van der Waals surface area (Å²) < 4.78 is 6.94.